The van der Waals surface area contributed by atoms with Gasteiger partial charge in [-0.25, -0.2) is 0 Å². The quantitative estimate of drug-likeness (QED) is 0.861. The number of nitrogens with two attached hydrogens (primary N) is 1. The number of hydrogen-bond acceptors (Lipinski definition) is 4. The molecular weight excluding hydrogens is 292 g/mol. The summed E-state index contributed by atoms with van der Waals surface area (Å²) in [4.78, 5) is 14.8. The van der Waals surface area contributed by atoms with E-state index in [4.69, 9.17) is 10.5 Å². The first-order chi connectivity index (χ1) is 11.1. The molecule has 1 aromatic heterocycles. The van der Waals surface area contributed by atoms with Crippen molar-refractivity contribution >= 4 is 16.8 Å². The fraction of sp³-hybridized carbons (Fsp3) is 0.529. The Morgan fingerprint density at radius 2 is 2.09 bits per heavy atom. The molecule has 6 heteroatoms. The Bertz CT molecular complexity index is 746. The fourth-order valence-corrected chi connectivity index (χ4v) is 3.87. The summed E-state index contributed by atoms with van der Waals surface area (Å²) in [5, 5.41) is 5.36. The number of carbonyl (C=O) groups excluding carboxylic acids is 1. The van der Waals surface area contributed by atoms with E-state index in [2.05, 4.69) is 5.10 Å². The van der Waals surface area contributed by atoms with E-state index >= 15 is 0 Å². The van der Waals surface area contributed by atoms with E-state index in [-0.39, 0.29) is 17.6 Å². The smallest absolute Gasteiger partial charge is 0.275 e. The van der Waals surface area contributed by atoms with Gasteiger partial charge in [0.15, 0.2) is 5.69 Å². The second kappa shape index (κ2) is 5.32. The summed E-state index contributed by atoms with van der Waals surface area (Å²) in [7, 11) is 1.87. The molecule has 2 N–H and O–H groups in total. The topological polar surface area (TPSA) is 73.4 Å². The second-order valence-electron chi connectivity index (χ2n) is 6.74. The predicted octanol–water partition coefficient (Wildman–Crippen LogP) is 1.30. The molecular formula is C17H22N4O2. The van der Waals surface area contributed by atoms with E-state index in [1.165, 1.54) is 0 Å². The van der Waals surface area contributed by atoms with Gasteiger partial charge in [0.25, 0.3) is 5.91 Å². The van der Waals surface area contributed by atoms with Gasteiger partial charge in [0, 0.05) is 31.6 Å². The lowest BCUT2D eigenvalue weighted by molar-refractivity contribution is -0.0389. The fourth-order valence-electron chi connectivity index (χ4n) is 3.87. The molecule has 3 heterocycles. The minimum atomic E-state index is -0.109. The molecule has 4 rings (SSSR count). The summed E-state index contributed by atoms with van der Waals surface area (Å²) in [5.74, 6) is 0.0129. The van der Waals surface area contributed by atoms with Crippen molar-refractivity contribution in [3.05, 3.63) is 30.0 Å². The van der Waals surface area contributed by atoms with Crippen molar-refractivity contribution in [2.24, 2.45) is 12.8 Å². The van der Waals surface area contributed by atoms with Gasteiger partial charge >= 0.3 is 0 Å². The average molecular weight is 314 g/mol. The zero-order valence-corrected chi connectivity index (χ0v) is 13.4. The maximum atomic E-state index is 12.9. The number of fused-ring (bicyclic) bond motifs is 1. The van der Waals surface area contributed by atoms with Gasteiger partial charge in [0.1, 0.15) is 0 Å². The second-order valence-corrected chi connectivity index (χ2v) is 6.74. The molecule has 0 radical (unpaired) electrons. The Balaban J connectivity index is 1.54. The molecule has 1 atom stereocenters. The highest BCUT2D eigenvalue weighted by molar-refractivity contribution is 6.04. The molecule has 1 amide bonds. The highest BCUT2D eigenvalue weighted by Gasteiger charge is 2.42. The monoisotopic (exact) mass is 314 g/mol. The van der Waals surface area contributed by atoms with Crippen LogP contribution in [0.5, 0.6) is 0 Å². The highest BCUT2D eigenvalue weighted by Crippen LogP contribution is 2.35. The third-order valence-electron chi connectivity index (χ3n) is 5.16. The Hall–Kier alpha value is -1.92. The van der Waals surface area contributed by atoms with Gasteiger partial charge in [-0.15, -0.1) is 0 Å². The molecule has 2 aliphatic heterocycles. The molecule has 122 valence electrons. The molecule has 1 spiro atoms. The lowest BCUT2D eigenvalue weighted by Gasteiger charge is -2.38. The molecule has 1 unspecified atom stereocenters. The van der Waals surface area contributed by atoms with Crippen molar-refractivity contribution < 1.29 is 9.53 Å². The zero-order chi connectivity index (χ0) is 16.0. The standard InChI is InChI=1S/C17H22N4O2/c1-20-14-5-3-2-4-13(14)15(19-20)16(22)21-8-6-17(7-9-21)10-12(18)11-23-17/h2-5,12H,6-11,18H2,1H3. The summed E-state index contributed by atoms with van der Waals surface area (Å²) in [6.45, 7) is 2.05. The first-order valence-corrected chi connectivity index (χ1v) is 8.19. The van der Waals surface area contributed by atoms with Gasteiger partial charge in [-0.1, -0.05) is 18.2 Å². The molecule has 2 fully saturated rings. The van der Waals surface area contributed by atoms with Crippen LogP contribution in [0.3, 0.4) is 0 Å². The number of piperidine rings is 1. The Kier molecular flexibility index (Phi) is 3.39. The van der Waals surface area contributed by atoms with Gasteiger partial charge in [0.05, 0.1) is 17.7 Å². The highest BCUT2D eigenvalue weighted by atomic mass is 16.5. The van der Waals surface area contributed by atoms with Crippen LogP contribution in [-0.4, -0.2) is 51.9 Å². The largest absolute Gasteiger partial charge is 0.373 e. The molecule has 0 bridgehead atoms. The Labute approximate surface area is 135 Å². The number of aryl methyl sites for hydroxylation is 1. The first-order valence-electron chi connectivity index (χ1n) is 8.19. The van der Waals surface area contributed by atoms with Crippen LogP contribution in [-0.2, 0) is 11.8 Å². The average Bonchev–Trinajstić information content (AvgIpc) is 3.09. The zero-order valence-electron chi connectivity index (χ0n) is 13.4. The van der Waals surface area contributed by atoms with Crippen LogP contribution in [0.25, 0.3) is 10.9 Å². The molecule has 1 aromatic carbocycles. The van der Waals surface area contributed by atoms with Crippen molar-refractivity contribution in [2.75, 3.05) is 19.7 Å². The number of likely N-dealkylation sites (tertiary alicyclic amines) is 1. The molecule has 0 aliphatic carbocycles. The summed E-state index contributed by atoms with van der Waals surface area (Å²) in [5.41, 5.74) is 7.39. The van der Waals surface area contributed by atoms with Crippen LogP contribution in [0.1, 0.15) is 29.8 Å². The lowest BCUT2D eigenvalue weighted by Crippen LogP contribution is -2.47. The summed E-state index contributed by atoms with van der Waals surface area (Å²) in [6.07, 6.45) is 2.62. The van der Waals surface area contributed by atoms with Gasteiger partial charge in [-0.2, -0.15) is 5.10 Å². The van der Waals surface area contributed by atoms with Crippen LogP contribution in [0.4, 0.5) is 0 Å². The first kappa shape index (κ1) is 14.7. The number of ether oxygens (including phenoxy) is 1. The van der Waals surface area contributed by atoms with Crippen molar-refractivity contribution in [3.8, 4) is 0 Å². The Morgan fingerprint density at radius 3 is 2.78 bits per heavy atom. The SMILES string of the molecule is Cn1nc(C(=O)N2CCC3(CC2)CC(N)CO3)c2ccccc21. The number of amides is 1. The number of aromatic nitrogens is 2. The minimum Gasteiger partial charge on any atom is -0.373 e. The van der Waals surface area contributed by atoms with Crippen LogP contribution in [0.2, 0.25) is 0 Å². The van der Waals surface area contributed by atoms with Crippen LogP contribution in [0.15, 0.2) is 24.3 Å². The number of nitrogens with zero attached hydrogens (tertiary/aromatic N) is 3. The van der Waals surface area contributed by atoms with Crippen LogP contribution in [0, 0.1) is 0 Å². The predicted molar refractivity (Wildman–Crippen MR) is 87.1 cm³/mol. The molecule has 2 aromatic rings. The number of para-hydroxylation sites is 1. The minimum absolute atomic E-state index is 0.0129. The third kappa shape index (κ3) is 2.42. The summed E-state index contributed by atoms with van der Waals surface area (Å²) < 4.78 is 7.69. The van der Waals surface area contributed by atoms with Crippen molar-refractivity contribution in [1.82, 2.24) is 14.7 Å². The van der Waals surface area contributed by atoms with E-state index < -0.39 is 0 Å². The summed E-state index contributed by atoms with van der Waals surface area (Å²) in [6, 6.07) is 7.98. The normalized spacial score (nSPS) is 23.7. The van der Waals surface area contributed by atoms with Gasteiger partial charge < -0.3 is 15.4 Å². The number of carbonyl (C=O) groups is 1. The van der Waals surface area contributed by atoms with Gasteiger partial charge in [0.2, 0.25) is 0 Å². The summed E-state index contributed by atoms with van der Waals surface area (Å²) >= 11 is 0. The van der Waals surface area contributed by atoms with E-state index in [0.717, 1.165) is 30.2 Å². The van der Waals surface area contributed by atoms with Crippen molar-refractivity contribution in [2.45, 2.75) is 30.9 Å². The Morgan fingerprint density at radius 1 is 1.35 bits per heavy atom. The molecule has 0 saturated carbocycles. The number of hydrogen-bond donors (Lipinski definition) is 1. The van der Waals surface area contributed by atoms with Crippen LogP contribution < -0.4 is 5.73 Å². The van der Waals surface area contributed by atoms with E-state index in [1.54, 1.807) is 4.68 Å². The molecule has 2 saturated heterocycles. The maximum absolute atomic E-state index is 12.9. The van der Waals surface area contributed by atoms with E-state index in [0.29, 0.717) is 25.4 Å². The molecule has 6 nitrogen and oxygen atoms in total. The number of rotatable bonds is 1. The maximum Gasteiger partial charge on any atom is 0.275 e. The number of benzene rings is 1. The molecule has 2 aliphatic rings. The van der Waals surface area contributed by atoms with E-state index in [1.807, 2.05) is 36.2 Å². The molecule has 23 heavy (non-hydrogen) atoms. The van der Waals surface area contributed by atoms with Crippen molar-refractivity contribution in [3.63, 3.8) is 0 Å². The van der Waals surface area contributed by atoms with Crippen molar-refractivity contribution in [1.29, 1.82) is 0 Å². The third-order valence-corrected chi connectivity index (χ3v) is 5.16. The van der Waals surface area contributed by atoms with Gasteiger partial charge in [-0.05, 0) is 25.3 Å². The van der Waals surface area contributed by atoms with Gasteiger partial charge in [-0.3, -0.25) is 9.48 Å². The lowest BCUT2D eigenvalue weighted by atomic mass is 9.87. The van der Waals surface area contributed by atoms with E-state index in [9.17, 15) is 4.79 Å². The van der Waals surface area contributed by atoms with Crippen LogP contribution >= 0.6 is 0 Å².